The van der Waals surface area contributed by atoms with E-state index in [0.717, 1.165) is 11.3 Å². The number of para-hydroxylation sites is 1. The summed E-state index contributed by atoms with van der Waals surface area (Å²) in [5.74, 6) is 0.697. The van der Waals surface area contributed by atoms with Gasteiger partial charge in [-0.05, 0) is 29.7 Å². The van der Waals surface area contributed by atoms with Crippen LogP contribution in [0.1, 0.15) is 35.7 Å². The van der Waals surface area contributed by atoms with E-state index in [1.54, 1.807) is 25.3 Å². The molecule has 21 heavy (non-hydrogen) atoms. The maximum Gasteiger partial charge on any atom is 0.255 e. The summed E-state index contributed by atoms with van der Waals surface area (Å²) in [4.78, 5) is 12.4. The first-order valence-corrected chi connectivity index (χ1v) is 6.86. The lowest BCUT2D eigenvalue weighted by Crippen LogP contribution is -2.14. The maximum atomic E-state index is 12.4. The fourth-order valence-electron chi connectivity index (χ4n) is 2.18. The molecule has 0 atom stereocenters. The quantitative estimate of drug-likeness (QED) is 0.842. The lowest BCUT2D eigenvalue weighted by Gasteiger charge is -2.14. The molecule has 0 fully saturated rings. The van der Waals surface area contributed by atoms with Crippen LogP contribution in [0.4, 0.5) is 11.4 Å². The van der Waals surface area contributed by atoms with Gasteiger partial charge in [0.25, 0.3) is 5.91 Å². The second-order valence-electron chi connectivity index (χ2n) is 5.19. The predicted octanol–water partition coefficient (Wildman–Crippen LogP) is 3.65. The Morgan fingerprint density at radius 1 is 1.19 bits per heavy atom. The summed E-state index contributed by atoms with van der Waals surface area (Å²) in [5, 5.41) is 2.94. The summed E-state index contributed by atoms with van der Waals surface area (Å²) < 4.78 is 5.14. The minimum atomic E-state index is -0.200. The van der Waals surface area contributed by atoms with E-state index in [2.05, 4.69) is 19.2 Å². The third-order valence-electron chi connectivity index (χ3n) is 3.26. The van der Waals surface area contributed by atoms with Crippen molar-refractivity contribution >= 4 is 17.3 Å². The molecule has 0 radical (unpaired) electrons. The second kappa shape index (κ2) is 6.31. The molecule has 0 unspecified atom stereocenters. The van der Waals surface area contributed by atoms with Crippen molar-refractivity contribution in [3.8, 4) is 5.75 Å². The van der Waals surface area contributed by atoms with E-state index >= 15 is 0 Å². The highest BCUT2D eigenvalue weighted by Gasteiger charge is 2.12. The van der Waals surface area contributed by atoms with E-state index < -0.39 is 0 Å². The first kappa shape index (κ1) is 14.9. The standard InChI is InChI=1S/C17H20N2O2/c1-11(2)15-6-4-5-7-16(15)19-17(20)12-8-13(18)10-14(9-12)21-3/h4-11H,18H2,1-3H3,(H,19,20). The van der Waals surface area contributed by atoms with E-state index in [1.165, 1.54) is 0 Å². The van der Waals surface area contributed by atoms with Crippen LogP contribution in [0.5, 0.6) is 5.75 Å². The van der Waals surface area contributed by atoms with Crippen molar-refractivity contribution in [3.05, 3.63) is 53.6 Å². The molecule has 2 aromatic carbocycles. The molecule has 3 N–H and O–H groups in total. The van der Waals surface area contributed by atoms with Crippen LogP contribution in [0, 0.1) is 0 Å². The molecule has 0 saturated heterocycles. The minimum Gasteiger partial charge on any atom is -0.497 e. The zero-order valence-electron chi connectivity index (χ0n) is 12.5. The zero-order valence-corrected chi connectivity index (χ0v) is 12.5. The van der Waals surface area contributed by atoms with Crippen molar-refractivity contribution in [2.24, 2.45) is 0 Å². The summed E-state index contributed by atoms with van der Waals surface area (Å²) in [6, 6.07) is 12.8. The Labute approximate surface area is 124 Å². The predicted molar refractivity (Wildman–Crippen MR) is 85.9 cm³/mol. The number of nitrogens with two attached hydrogens (primary N) is 1. The Balaban J connectivity index is 2.28. The average molecular weight is 284 g/mol. The van der Waals surface area contributed by atoms with Gasteiger partial charge in [0.15, 0.2) is 0 Å². The Morgan fingerprint density at radius 3 is 2.57 bits per heavy atom. The van der Waals surface area contributed by atoms with Gasteiger partial charge in [0.1, 0.15) is 5.75 Å². The average Bonchev–Trinajstić information content (AvgIpc) is 2.46. The number of nitrogens with one attached hydrogen (secondary N) is 1. The van der Waals surface area contributed by atoms with Crippen LogP contribution in [0.15, 0.2) is 42.5 Å². The van der Waals surface area contributed by atoms with E-state index in [1.807, 2.05) is 24.3 Å². The lowest BCUT2D eigenvalue weighted by molar-refractivity contribution is 0.102. The van der Waals surface area contributed by atoms with Crippen molar-refractivity contribution in [2.75, 3.05) is 18.2 Å². The maximum absolute atomic E-state index is 12.4. The number of carbonyl (C=O) groups is 1. The fourth-order valence-corrected chi connectivity index (χ4v) is 2.18. The van der Waals surface area contributed by atoms with Gasteiger partial charge in [0, 0.05) is 23.0 Å². The van der Waals surface area contributed by atoms with Gasteiger partial charge in [-0.3, -0.25) is 4.79 Å². The summed E-state index contributed by atoms with van der Waals surface area (Å²) in [6.45, 7) is 4.18. The molecule has 0 aromatic heterocycles. The number of benzene rings is 2. The van der Waals surface area contributed by atoms with Gasteiger partial charge in [-0.2, -0.15) is 0 Å². The highest BCUT2D eigenvalue weighted by Crippen LogP contribution is 2.25. The van der Waals surface area contributed by atoms with Crippen molar-refractivity contribution in [2.45, 2.75) is 19.8 Å². The smallest absolute Gasteiger partial charge is 0.255 e. The number of amides is 1. The van der Waals surface area contributed by atoms with Crippen molar-refractivity contribution in [1.29, 1.82) is 0 Å². The van der Waals surface area contributed by atoms with Gasteiger partial charge >= 0.3 is 0 Å². The molecule has 0 heterocycles. The highest BCUT2D eigenvalue weighted by atomic mass is 16.5. The molecule has 1 amide bonds. The Morgan fingerprint density at radius 2 is 1.90 bits per heavy atom. The number of nitrogen functional groups attached to an aromatic ring is 1. The third-order valence-corrected chi connectivity index (χ3v) is 3.26. The number of methoxy groups -OCH3 is 1. The topological polar surface area (TPSA) is 64.3 Å². The van der Waals surface area contributed by atoms with Crippen LogP contribution in [0.3, 0.4) is 0 Å². The monoisotopic (exact) mass is 284 g/mol. The number of ether oxygens (including phenoxy) is 1. The van der Waals surface area contributed by atoms with Crippen LogP contribution in [-0.4, -0.2) is 13.0 Å². The molecular weight excluding hydrogens is 264 g/mol. The summed E-state index contributed by atoms with van der Waals surface area (Å²) in [5.41, 5.74) is 8.68. The first-order chi connectivity index (χ1) is 10.0. The van der Waals surface area contributed by atoms with Crippen LogP contribution >= 0.6 is 0 Å². The highest BCUT2D eigenvalue weighted by molar-refractivity contribution is 6.05. The normalized spacial score (nSPS) is 10.5. The van der Waals surface area contributed by atoms with Crippen molar-refractivity contribution in [3.63, 3.8) is 0 Å². The van der Waals surface area contributed by atoms with Gasteiger partial charge < -0.3 is 15.8 Å². The number of anilines is 2. The van der Waals surface area contributed by atoms with Crippen LogP contribution in [0.25, 0.3) is 0 Å². The molecule has 4 nitrogen and oxygen atoms in total. The Hall–Kier alpha value is -2.49. The van der Waals surface area contributed by atoms with E-state index in [4.69, 9.17) is 10.5 Å². The van der Waals surface area contributed by atoms with Crippen LogP contribution in [0.2, 0.25) is 0 Å². The molecule has 4 heteroatoms. The molecule has 2 aromatic rings. The number of hydrogen-bond donors (Lipinski definition) is 2. The zero-order chi connectivity index (χ0) is 15.4. The molecular formula is C17H20N2O2. The first-order valence-electron chi connectivity index (χ1n) is 6.86. The second-order valence-corrected chi connectivity index (χ2v) is 5.19. The Kier molecular flexibility index (Phi) is 4.48. The SMILES string of the molecule is COc1cc(N)cc(C(=O)Nc2ccccc2C(C)C)c1. The number of rotatable bonds is 4. The molecule has 0 spiro atoms. The van der Waals surface area contributed by atoms with Gasteiger partial charge in [0.05, 0.1) is 7.11 Å². The van der Waals surface area contributed by atoms with Crippen LogP contribution < -0.4 is 15.8 Å². The molecule has 110 valence electrons. The van der Waals surface area contributed by atoms with Gasteiger partial charge in [-0.25, -0.2) is 0 Å². The molecule has 0 saturated carbocycles. The molecule has 0 aliphatic rings. The van der Waals surface area contributed by atoms with Gasteiger partial charge in [-0.15, -0.1) is 0 Å². The summed E-state index contributed by atoms with van der Waals surface area (Å²) in [6.07, 6.45) is 0. The van der Waals surface area contributed by atoms with E-state index in [-0.39, 0.29) is 5.91 Å². The number of hydrogen-bond acceptors (Lipinski definition) is 3. The van der Waals surface area contributed by atoms with Gasteiger partial charge in [-0.1, -0.05) is 32.0 Å². The van der Waals surface area contributed by atoms with Crippen molar-refractivity contribution in [1.82, 2.24) is 0 Å². The van der Waals surface area contributed by atoms with E-state index in [0.29, 0.717) is 22.9 Å². The third kappa shape index (κ3) is 3.54. The summed E-state index contributed by atoms with van der Waals surface area (Å²) >= 11 is 0. The number of carbonyl (C=O) groups excluding carboxylic acids is 1. The minimum absolute atomic E-state index is 0.200. The molecule has 0 aliphatic carbocycles. The van der Waals surface area contributed by atoms with Crippen molar-refractivity contribution < 1.29 is 9.53 Å². The molecule has 0 aliphatic heterocycles. The lowest BCUT2D eigenvalue weighted by atomic mass is 10.0. The largest absolute Gasteiger partial charge is 0.497 e. The van der Waals surface area contributed by atoms with E-state index in [9.17, 15) is 4.79 Å². The summed E-state index contributed by atoms with van der Waals surface area (Å²) in [7, 11) is 1.55. The fraction of sp³-hybridized carbons (Fsp3) is 0.235. The van der Waals surface area contributed by atoms with Gasteiger partial charge in [0.2, 0.25) is 0 Å². The van der Waals surface area contributed by atoms with Crippen LogP contribution in [-0.2, 0) is 0 Å². The Bertz CT molecular complexity index is 651. The molecule has 2 rings (SSSR count). The molecule has 0 bridgehead atoms.